The molecule has 0 atom stereocenters. The summed E-state index contributed by atoms with van der Waals surface area (Å²) in [6.07, 6.45) is 3.13. The van der Waals surface area contributed by atoms with Gasteiger partial charge < -0.3 is 4.57 Å². The van der Waals surface area contributed by atoms with Gasteiger partial charge in [0.15, 0.2) is 0 Å². The van der Waals surface area contributed by atoms with Gasteiger partial charge in [-0.25, -0.2) is 0 Å². The van der Waals surface area contributed by atoms with Crippen LogP contribution in [0.2, 0.25) is 10.0 Å². The average Bonchev–Trinajstić information content (AvgIpc) is 2.87. The fourth-order valence-electron chi connectivity index (χ4n) is 2.61. The van der Waals surface area contributed by atoms with Crippen molar-refractivity contribution < 1.29 is 0 Å². The summed E-state index contributed by atoms with van der Waals surface area (Å²) in [6, 6.07) is 14.4. The summed E-state index contributed by atoms with van der Waals surface area (Å²) in [7, 11) is 0. The minimum absolute atomic E-state index is 0.608. The summed E-state index contributed by atoms with van der Waals surface area (Å²) in [4.78, 5) is 0. The van der Waals surface area contributed by atoms with Crippen LogP contribution in [0.4, 0.5) is 0 Å². The predicted octanol–water partition coefficient (Wildman–Crippen LogP) is 5.56. The second kappa shape index (κ2) is 5.51. The molecule has 0 spiro atoms. The molecule has 1 heterocycles. The van der Waals surface area contributed by atoms with E-state index in [9.17, 15) is 0 Å². The standard InChI is InChI=1S/C17H15Cl2N/c1-2-12-5-3-6-13-9-10-20(17(12)13)11-14-7-4-8-15(18)16(14)19/h3-10H,2,11H2,1H3. The Morgan fingerprint density at radius 2 is 1.70 bits per heavy atom. The maximum absolute atomic E-state index is 6.29. The Morgan fingerprint density at radius 3 is 2.50 bits per heavy atom. The lowest BCUT2D eigenvalue weighted by Crippen LogP contribution is -2.00. The zero-order chi connectivity index (χ0) is 14.1. The lowest BCUT2D eigenvalue weighted by atomic mass is 10.1. The first-order valence-electron chi connectivity index (χ1n) is 6.70. The third-order valence-electron chi connectivity index (χ3n) is 3.63. The van der Waals surface area contributed by atoms with Gasteiger partial charge >= 0.3 is 0 Å². The van der Waals surface area contributed by atoms with Crippen LogP contribution in [0.3, 0.4) is 0 Å². The van der Waals surface area contributed by atoms with Gasteiger partial charge in [0.2, 0.25) is 0 Å². The zero-order valence-electron chi connectivity index (χ0n) is 11.2. The lowest BCUT2D eigenvalue weighted by molar-refractivity contribution is 0.831. The lowest BCUT2D eigenvalue weighted by Gasteiger charge is -2.11. The minimum atomic E-state index is 0.608. The van der Waals surface area contributed by atoms with E-state index in [-0.39, 0.29) is 0 Å². The van der Waals surface area contributed by atoms with Crippen molar-refractivity contribution in [2.24, 2.45) is 0 Å². The molecule has 0 aliphatic carbocycles. The highest BCUT2D eigenvalue weighted by atomic mass is 35.5. The number of nitrogens with zero attached hydrogens (tertiary/aromatic N) is 1. The fourth-order valence-corrected chi connectivity index (χ4v) is 2.99. The summed E-state index contributed by atoms with van der Waals surface area (Å²) in [5, 5.41) is 2.52. The van der Waals surface area contributed by atoms with E-state index in [1.54, 1.807) is 0 Å². The van der Waals surface area contributed by atoms with Crippen LogP contribution in [-0.4, -0.2) is 4.57 Å². The molecule has 0 radical (unpaired) electrons. The summed E-state index contributed by atoms with van der Waals surface area (Å²) in [6.45, 7) is 2.92. The van der Waals surface area contributed by atoms with Gasteiger partial charge in [-0.1, -0.05) is 60.5 Å². The van der Waals surface area contributed by atoms with E-state index in [1.165, 1.54) is 16.5 Å². The van der Waals surface area contributed by atoms with Crippen molar-refractivity contribution in [3.8, 4) is 0 Å². The smallest absolute Gasteiger partial charge is 0.0642 e. The summed E-state index contributed by atoms with van der Waals surface area (Å²) < 4.78 is 2.24. The molecule has 0 bridgehead atoms. The van der Waals surface area contributed by atoms with Crippen LogP contribution < -0.4 is 0 Å². The molecule has 1 aromatic heterocycles. The molecule has 0 aliphatic rings. The van der Waals surface area contributed by atoms with E-state index in [0.717, 1.165) is 18.5 Å². The SMILES string of the molecule is CCc1cccc2ccn(Cc3cccc(Cl)c3Cl)c12. The number of aryl methyl sites for hydroxylation is 1. The van der Waals surface area contributed by atoms with E-state index in [4.69, 9.17) is 23.2 Å². The topological polar surface area (TPSA) is 4.93 Å². The normalized spacial score (nSPS) is 11.2. The quantitative estimate of drug-likeness (QED) is 0.597. The third kappa shape index (κ3) is 2.32. The van der Waals surface area contributed by atoms with Crippen molar-refractivity contribution in [3.63, 3.8) is 0 Å². The van der Waals surface area contributed by atoms with Crippen molar-refractivity contribution >= 4 is 34.1 Å². The molecule has 0 unspecified atom stereocenters. The Bertz CT molecular complexity index is 759. The van der Waals surface area contributed by atoms with E-state index in [2.05, 4.69) is 42.0 Å². The fraction of sp³-hybridized carbons (Fsp3) is 0.176. The van der Waals surface area contributed by atoms with Crippen LogP contribution >= 0.6 is 23.2 Å². The molecule has 0 saturated carbocycles. The number of benzene rings is 2. The number of aromatic nitrogens is 1. The molecular weight excluding hydrogens is 289 g/mol. The van der Waals surface area contributed by atoms with Crippen molar-refractivity contribution in [1.29, 1.82) is 0 Å². The molecule has 0 aliphatic heterocycles. The first kappa shape index (κ1) is 13.5. The second-order valence-electron chi connectivity index (χ2n) is 4.87. The van der Waals surface area contributed by atoms with Gasteiger partial charge in [0, 0.05) is 12.7 Å². The van der Waals surface area contributed by atoms with E-state index >= 15 is 0 Å². The first-order chi connectivity index (χ1) is 9.70. The largest absolute Gasteiger partial charge is 0.343 e. The van der Waals surface area contributed by atoms with Gasteiger partial charge in [-0.3, -0.25) is 0 Å². The van der Waals surface area contributed by atoms with Gasteiger partial charge in [-0.05, 0) is 35.1 Å². The maximum Gasteiger partial charge on any atom is 0.0642 e. The second-order valence-corrected chi connectivity index (χ2v) is 5.65. The molecular formula is C17H15Cl2N. The highest BCUT2D eigenvalue weighted by Crippen LogP contribution is 2.28. The predicted molar refractivity (Wildman–Crippen MR) is 86.9 cm³/mol. The Hall–Kier alpha value is -1.44. The Labute approximate surface area is 128 Å². The molecule has 0 amide bonds. The Kier molecular flexibility index (Phi) is 3.73. The third-order valence-corrected chi connectivity index (χ3v) is 4.48. The van der Waals surface area contributed by atoms with Crippen molar-refractivity contribution in [2.75, 3.05) is 0 Å². The number of hydrogen-bond acceptors (Lipinski definition) is 0. The Balaban J connectivity index is 2.09. The highest BCUT2D eigenvalue weighted by molar-refractivity contribution is 6.42. The van der Waals surface area contributed by atoms with Gasteiger partial charge in [0.1, 0.15) is 0 Å². The molecule has 2 aromatic carbocycles. The van der Waals surface area contributed by atoms with Gasteiger partial charge in [0.25, 0.3) is 0 Å². The summed E-state index contributed by atoms with van der Waals surface area (Å²) in [5.41, 5.74) is 3.68. The molecule has 20 heavy (non-hydrogen) atoms. The molecule has 3 rings (SSSR count). The zero-order valence-corrected chi connectivity index (χ0v) is 12.7. The summed E-state index contributed by atoms with van der Waals surface area (Å²) in [5.74, 6) is 0. The van der Waals surface area contributed by atoms with Crippen LogP contribution in [0.25, 0.3) is 10.9 Å². The van der Waals surface area contributed by atoms with Gasteiger partial charge in [-0.15, -0.1) is 0 Å². The first-order valence-corrected chi connectivity index (χ1v) is 7.46. The highest BCUT2D eigenvalue weighted by Gasteiger charge is 2.09. The van der Waals surface area contributed by atoms with E-state index < -0.39 is 0 Å². The van der Waals surface area contributed by atoms with Crippen LogP contribution in [-0.2, 0) is 13.0 Å². The minimum Gasteiger partial charge on any atom is -0.343 e. The summed E-state index contributed by atoms with van der Waals surface area (Å²) >= 11 is 12.4. The molecule has 1 nitrogen and oxygen atoms in total. The maximum atomic E-state index is 6.29. The average molecular weight is 304 g/mol. The number of para-hydroxylation sites is 1. The number of hydrogen-bond donors (Lipinski definition) is 0. The molecule has 0 fully saturated rings. The van der Waals surface area contributed by atoms with Crippen LogP contribution in [0, 0.1) is 0 Å². The Morgan fingerprint density at radius 1 is 0.950 bits per heavy atom. The van der Waals surface area contributed by atoms with Crippen LogP contribution in [0.15, 0.2) is 48.7 Å². The molecule has 0 N–H and O–H groups in total. The van der Waals surface area contributed by atoms with Crippen LogP contribution in [0.1, 0.15) is 18.1 Å². The molecule has 102 valence electrons. The number of halogens is 2. The van der Waals surface area contributed by atoms with Crippen molar-refractivity contribution in [3.05, 3.63) is 69.8 Å². The molecule has 3 heteroatoms. The van der Waals surface area contributed by atoms with Gasteiger partial charge in [-0.2, -0.15) is 0 Å². The monoisotopic (exact) mass is 303 g/mol. The number of fused-ring (bicyclic) bond motifs is 1. The van der Waals surface area contributed by atoms with E-state index in [1.807, 2.05) is 18.2 Å². The van der Waals surface area contributed by atoms with Crippen molar-refractivity contribution in [2.45, 2.75) is 19.9 Å². The number of rotatable bonds is 3. The molecule has 0 saturated heterocycles. The van der Waals surface area contributed by atoms with Gasteiger partial charge in [0.05, 0.1) is 15.6 Å². The van der Waals surface area contributed by atoms with Crippen molar-refractivity contribution in [1.82, 2.24) is 4.57 Å². The van der Waals surface area contributed by atoms with Crippen LogP contribution in [0.5, 0.6) is 0 Å². The molecule has 3 aromatic rings. The van der Waals surface area contributed by atoms with E-state index in [0.29, 0.717) is 10.0 Å².